The first-order valence-corrected chi connectivity index (χ1v) is 8.64. The van der Waals surface area contributed by atoms with Crippen LogP contribution < -0.4 is 5.32 Å². The molecule has 0 spiro atoms. The molecular formula is C17H35NO. The zero-order chi connectivity index (χ0) is 13.8. The minimum atomic E-state index is 0.222. The van der Waals surface area contributed by atoms with Crippen LogP contribution in [0, 0.1) is 5.41 Å². The van der Waals surface area contributed by atoms with Crippen molar-refractivity contribution in [3.05, 3.63) is 0 Å². The van der Waals surface area contributed by atoms with E-state index in [0.717, 1.165) is 13.1 Å². The molecule has 2 heteroatoms. The zero-order valence-corrected chi connectivity index (χ0v) is 13.1. The van der Waals surface area contributed by atoms with Crippen LogP contribution in [0.25, 0.3) is 0 Å². The predicted molar refractivity (Wildman–Crippen MR) is 83.5 cm³/mol. The van der Waals surface area contributed by atoms with Gasteiger partial charge >= 0.3 is 0 Å². The maximum atomic E-state index is 9.52. The highest BCUT2D eigenvalue weighted by Gasteiger charge is 2.32. The van der Waals surface area contributed by atoms with Gasteiger partial charge in [-0.1, -0.05) is 71.1 Å². The third-order valence-electron chi connectivity index (χ3n) is 4.73. The van der Waals surface area contributed by atoms with Crippen molar-refractivity contribution in [2.24, 2.45) is 5.41 Å². The molecule has 1 heterocycles. The molecule has 1 fully saturated rings. The van der Waals surface area contributed by atoms with Crippen molar-refractivity contribution >= 4 is 0 Å². The molecule has 0 saturated carbocycles. The summed E-state index contributed by atoms with van der Waals surface area (Å²) < 4.78 is 0. The highest BCUT2D eigenvalue weighted by molar-refractivity contribution is 4.86. The summed E-state index contributed by atoms with van der Waals surface area (Å²) in [7, 11) is 0. The Morgan fingerprint density at radius 1 is 0.895 bits per heavy atom. The summed E-state index contributed by atoms with van der Waals surface area (Å²) in [5, 5.41) is 12.9. The lowest BCUT2D eigenvalue weighted by Crippen LogP contribution is -2.28. The Bertz CT molecular complexity index is 199. The van der Waals surface area contributed by atoms with Crippen LogP contribution in [0.1, 0.15) is 84.0 Å². The van der Waals surface area contributed by atoms with Crippen LogP contribution in [-0.4, -0.2) is 24.8 Å². The fourth-order valence-electron chi connectivity index (χ4n) is 3.21. The number of rotatable bonds is 12. The molecule has 2 nitrogen and oxygen atoms in total. The molecule has 1 saturated heterocycles. The zero-order valence-electron chi connectivity index (χ0n) is 13.1. The molecule has 1 unspecified atom stereocenters. The van der Waals surface area contributed by atoms with Gasteiger partial charge in [-0.05, 0) is 19.4 Å². The molecule has 2 N–H and O–H groups in total. The standard InChI is InChI=1S/C17H35NO/c1-2-3-4-5-6-7-8-9-10-11-12-17(16-19)13-14-18-15-17/h18-19H,2-16H2,1H3. The van der Waals surface area contributed by atoms with E-state index >= 15 is 0 Å². The van der Waals surface area contributed by atoms with Gasteiger partial charge in [0.15, 0.2) is 0 Å². The largest absolute Gasteiger partial charge is 0.396 e. The van der Waals surface area contributed by atoms with E-state index < -0.39 is 0 Å². The number of nitrogens with one attached hydrogen (secondary N) is 1. The third kappa shape index (κ3) is 7.31. The van der Waals surface area contributed by atoms with Crippen molar-refractivity contribution in [2.75, 3.05) is 19.7 Å². The number of aliphatic hydroxyl groups excluding tert-OH is 1. The Kier molecular flexibility index (Phi) is 9.54. The molecule has 1 aliphatic heterocycles. The SMILES string of the molecule is CCCCCCCCCCCCC1(CO)CCNC1. The summed E-state index contributed by atoms with van der Waals surface area (Å²) >= 11 is 0. The third-order valence-corrected chi connectivity index (χ3v) is 4.73. The van der Waals surface area contributed by atoms with E-state index in [9.17, 15) is 5.11 Å². The Hall–Kier alpha value is -0.0800. The fraction of sp³-hybridized carbons (Fsp3) is 1.00. The second kappa shape index (κ2) is 10.7. The number of unbranched alkanes of at least 4 members (excludes halogenated alkanes) is 9. The average Bonchev–Trinajstić information content (AvgIpc) is 2.90. The molecule has 1 atom stereocenters. The number of aliphatic hydroxyl groups is 1. The van der Waals surface area contributed by atoms with Gasteiger partial charge in [-0.15, -0.1) is 0 Å². The lowest BCUT2D eigenvalue weighted by Gasteiger charge is -2.25. The van der Waals surface area contributed by atoms with Gasteiger partial charge in [-0.2, -0.15) is 0 Å². The number of hydrogen-bond donors (Lipinski definition) is 2. The monoisotopic (exact) mass is 269 g/mol. The van der Waals surface area contributed by atoms with Crippen LogP contribution in [0.2, 0.25) is 0 Å². The van der Waals surface area contributed by atoms with Crippen molar-refractivity contribution in [3.8, 4) is 0 Å². The van der Waals surface area contributed by atoms with Gasteiger partial charge in [0.1, 0.15) is 0 Å². The summed E-state index contributed by atoms with van der Waals surface area (Å²) in [6, 6.07) is 0. The predicted octanol–water partition coefficient (Wildman–Crippen LogP) is 4.27. The topological polar surface area (TPSA) is 32.3 Å². The van der Waals surface area contributed by atoms with E-state index in [1.165, 1.54) is 77.0 Å². The Balaban J connectivity index is 1.85. The van der Waals surface area contributed by atoms with E-state index in [-0.39, 0.29) is 5.41 Å². The van der Waals surface area contributed by atoms with Crippen LogP contribution in [0.15, 0.2) is 0 Å². The summed E-state index contributed by atoms with van der Waals surface area (Å²) in [6.07, 6.45) is 16.3. The molecule has 114 valence electrons. The molecule has 1 rings (SSSR count). The second-order valence-corrected chi connectivity index (χ2v) is 6.52. The molecule has 0 aromatic heterocycles. The lowest BCUT2D eigenvalue weighted by atomic mass is 9.82. The van der Waals surface area contributed by atoms with Crippen LogP contribution in [0.3, 0.4) is 0 Å². The van der Waals surface area contributed by atoms with Gasteiger partial charge in [-0.3, -0.25) is 0 Å². The molecule has 0 bridgehead atoms. The van der Waals surface area contributed by atoms with Crippen molar-refractivity contribution in [3.63, 3.8) is 0 Å². The van der Waals surface area contributed by atoms with Gasteiger partial charge < -0.3 is 10.4 Å². The van der Waals surface area contributed by atoms with Crippen molar-refractivity contribution < 1.29 is 5.11 Å². The van der Waals surface area contributed by atoms with Crippen LogP contribution in [0.5, 0.6) is 0 Å². The lowest BCUT2D eigenvalue weighted by molar-refractivity contribution is 0.130. The molecular weight excluding hydrogens is 234 g/mol. The smallest absolute Gasteiger partial charge is 0.0500 e. The van der Waals surface area contributed by atoms with Crippen molar-refractivity contribution in [1.29, 1.82) is 0 Å². The maximum absolute atomic E-state index is 9.52. The molecule has 1 aliphatic rings. The minimum Gasteiger partial charge on any atom is -0.396 e. The normalized spacial score (nSPS) is 23.1. The molecule has 0 aromatic rings. The van der Waals surface area contributed by atoms with Crippen LogP contribution in [-0.2, 0) is 0 Å². The summed E-state index contributed by atoms with van der Waals surface area (Å²) in [5.41, 5.74) is 0.222. The van der Waals surface area contributed by atoms with E-state index in [4.69, 9.17) is 0 Å². The fourth-order valence-corrected chi connectivity index (χ4v) is 3.21. The Labute approximate surface area is 120 Å². The highest BCUT2D eigenvalue weighted by Crippen LogP contribution is 2.31. The Morgan fingerprint density at radius 2 is 1.47 bits per heavy atom. The first-order valence-electron chi connectivity index (χ1n) is 8.64. The molecule has 0 radical (unpaired) electrons. The van der Waals surface area contributed by atoms with E-state index in [0.29, 0.717) is 6.61 Å². The van der Waals surface area contributed by atoms with E-state index in [2.05, 4.69) is 12.2 Å². The second-order valence-electron chi connectivity index (χ2n) is 6.52. The average molecular weight is 269 g/mol. The number of hydrogen-bond acceptors (Lipinski definition) is 2. The molecule has 19 heavy (non-hydrogen) atoms. The first kappa shape index (κ1) is 17.0. The molecule has 0 aliphatic carbocycles. The van der Waals surface area contributed by atoms with Gasteiger partial charge in [-0.25, -0.2) is 0 Å². The van der Waals surface area contributed by atoms with Gasteiger partial charge in [0.2, 0.25) is 0 Å². The van der Waals surface area contributed by atoms with E-state index in [1.54, 1.807) is 0 Å². The van der Waals surface area contributed by atoms with Gasteiger partial charge in [0.05, 0.1) is 0 Å². The van der Waals surface area contributed by atoms with Crippen LogP contribution >= 0.6 is 0 Å². The summed E-state index contributed by atoms with van der Waals surface area (Å²) in [6.45, 7) is 4.77. The maximum Gasteiger partial charge on any atom is 0.0500 e. The summed E-state index contributed by atoms with van der Waals surface area (Å²) in [5.74, 6) is 0. The van der Waals surface area contributed by atoms with Crippen molar-refractivity contribution in [1.82, 2.24) is 5.32 Å². The first-order chi connectivity index (χ1) is 9.33. The van der Waals surface area contributed by atoms with Crippen molar-refractivity contribution in [2.45, 2.75) is 84.0 Å². The van der Waals surface area contributed by atoms with Crippen LogP contribution in [0.4, 0.5) is 0 Å². The molecule has 0 amide bonds. The highest BCUT2D eigenvalue weighted by atomic mass is 16.3. The summed E-state index contributed by atoms with van der Waals surface area (Å²) in [4.78, 5) is 0. The minimum absolute atomic E-state index is 0.222. The Morgan fingerprint density at radius 3 is 1.95 bits per heavy atom. The quantitative estimate of drug-likeness (QED) is 0.519. The molecule has 0 aromatic carbocycles. The van der Waals surface area contributed by atoms with Gasteiger partial charge in [0, 0.05) is 18.6 Å². The van der Waals surface area contributed by atoms with Gasteiger partial charge in [0.25, 0.3) is 0 Å². The van der Waals surface area contributed by atoms with E-state index in [1.807, 2.05) is 0 Å².